The molecule has 1 aromatic carbocycles. The van der Waals surface area contributed by atoms with Crippen LogP contribution in [0.3, 0.4) is 0 Å². The molecule has 0 bridgehead atoms. The number of carbonyl (C=O) groups excluding carboxylic acids is 2. The number of sulfonamides is 1. The third kappa shape index (κ3) is 5.30. The number of pyridine rings is 1. The Balaban J connectivity index is 2.06. The van der Waals surface area contributed by atoms with Gasteiger partial charge in [0.05, 0.1) is 20.6 Å². The van der Waals surface area contributed by atoms with E-state index >= 15 is 0 Å². The van der Waals surface area contributed by atoms with E-state index in [1.54, 1.807) is 6.92 Å². The van der Waals surface area contributed by atoms with Gasteiger partial charge < -0.3 is 10.1 Å². The lowest BCUT2D eigenvalue weighted by Crippen LogP contribution is -2.22. The van der Waals surface area contributed by atoms with Gasteiger partial charge in [0, 0.05) is 6.20 Å². The zero-order chi connectivity index (χ0) is 20.4. The highest BCUT2D eigenvalue weighted by Gasteiger charge is 2.18. The van der Waals surface area contributed by atoms with Gasteiger partial charge in [-0.2, -0.15) is 0 Å². The fourth-order valence-corrected chi connectivity index (χ4v) is 3.34. The van der Waals surface area contributed by atoms with Crippen molar-refractivity contribution in [2.75, 3.05) is 11.9 Å². The van der Waals surface area contributed by atoms with Crippen LogP contribution in [-0.2, 0) is 19.6 Å². The standard InChI is InChI=1S/C15H12Cl3N3O5S/c1-7-10(17)5-20-14(13(7)18)21-12(22)6-26-15(23)8-2-3-9(16)11(4-8)27(19,24)25/h2-5H,6H2,1H3,(H2,19,24,25)(H,20,21,22). The summed E-state index contributed by atoms with van der Waals surface area (Å²) in [6.45, 7) is 0.984. The molecule has 2 rings (SSSR count). The lowest BCUT2D eigenvalue weighted by atomic mass is 10.2. The number of benzene rings is 1. The van der Waals surface area contributed by atoms with Crippen LogP contribution in [0.1, 0.15) is 15.9 Å². The molecule has 0 aliphatic heterocycles. The topological polar surface area (TPSA) is 128 Å². The highest BCUT2D eigenvalue weighted by atomic mass is 35.5. The van der Waals surface area contributed by atoms with Crippen LogP contribution in [-0.4, -0.2) is 31.9 Å². The molecule has 144 valence electrons. The van der Waals surface area contributed by atoms with E-state index in [0.717, 1.165) is 6.07 Å². The summed E-state index contributed by atoms with van der Waals surface area (Å²) < 4.78 is 27.7. The minimum atomic E-state index is -4.13. The lowest BCUT2D eigenvalue weighted by molar-refractivity contribution is -0.119. The summed E-state index contributed by atoms with van der Waals surface area (Å²) in [5, 5.41) is 7.72. The van der Waals surface area contributed by atoms with E-state index in [2.05, 4.69) is 10.3 Å². The molecule has 0 unspecified atom stereocenters. The molecule has 1 aromatic heterocycles. The zero-order valence-electron chi connectivity index (χ0n) is 13.6. The fourth-order valence-electron chi connectivity index (χ4n) is 1.88. The van der Waals surface area contributed by atoms with Gasteiger partial charge in [0.15, 0.2) is 12.4 Å². The average molecular weight is 453 g/mol. The maximum Gasteiger partial charge on any atom is 0.338 e. The molecule has 0 spiro atoms. The number of hydrogen-bond acceptors (Lipinski definition) is 6. The lowest BCUT2D eigenvalue weighted by Gasteiger charge is -2.10. The third-order valence-corrected chi connectivity index (χ3v) is 5.50. The van der Waals surface area contributed by atoms with Gasteiger partial charge in [-0.15, -0.1) is 0 Å². The van der Waals surface area contributed by atoms with Crippen LogP contribution < -0.4 is 10.5 Å². The van der Waals surface area contributed by atoms with E-state index in [1.165, 1.54) is 18.3 Å². The molecule has 0 fully saturated rings. The smallest absolute Gasteiger partial charge is 0.338 e. The van der Waals surface area contributed by atoms with Crippen molar-refractivity contribution in [1.82, 2.24) is 4.98 Å². The number of ether oxygens (including phenoxy) is 1. The number of anilines is 1. The molecule has 0 aliphatic carbocycles. The summed E-state index contributed by atoms with van der Waals surface area (Å²) in [6.07, 6.45) is 1.31. The van der Waals surface area contributed by atoms with Crippen molar-refractivity contribution in [3.63, 3.8) is 0 Å². The summed E-state index contributed by atoms with van der Waals surface area (Å²) in [5.41, 5.74) is 0.382. The number of nitrogens with zero attached hydrogens (tertiary/aromatic N) is 1. The molecule has 0 atom stereocenters. The van der Waals surface area contributed by atoms with Crippen LogP contribution in [0, 0.1) is 6.92 Å². The van der Waals surface area contributed by atoms with Gasteiger partial charge in [0.25, 0.3) is 5.91 Å². The van der Waals surface area contributed by atoms with Crippen LogP contribution in [0.5, 0.6) is 0 Å². The van der Waals surface area contributed by atoms with Crippen LogP contribution >= 0.6 is 34.8 Å². The van der Waals surface area contributed by atoms with Crippen LogP contribution in [0.25, 0.3) is 0 Å². The highest BCUT2D eigenvalue weighted by molar-refractivity contribution is 7.89. The molecule has 3 N–H and O–H groups in total. The number of nitrogens with two attached hydrogens (primary N) is 1. The number of rotatable bonds is 5. The Kier molecular flexibility index (Phi) is 6.66. The number of nitrogens with one attached hydrogen (secondary N) is 1. The predicted molar refractivity (Wildman–Crippen MR) is 101 cm³/mol. The van der Waals surface area contributed by atoms with Crippen molar-refractivity contribution >= 4 is 62.5 Å². The largest absolute Gasteiger partial charge is 0.452 e. The first-order valence-electron chi connectivity index (χ1n) is 7.10. The van der Waals surface area contributed by atoms with Crippen LogP contribution in [0.4, 0.5) is 5.82 Å². The van der Waals surface area contributed by atoms with Crippen molar-refractivity contribution in [3.05, 3.63) is 50.6 Å². The second-order valence-electron chi connectivity index (χ2n) is 5.21. The summed E-state index contributed by atoms with van der Waals surface area (Å²) in [5.74, 6) is -1.60. The van der Waals surface area contributed by atoms with Crippen molar-refractivity contribution < 1.29 is 22.7 Å². The summed E-state index contributed by atoms with van der Waals surface area (Å²) >= 11 is 17.6. The van der Waals surface area contributed by atoms with Gasteiger partial charge in [-0.3, -0.25) is 4.79 Å². The van der Waals surface area contributed by atoms with Crippen LogP contribution in [0.15, 0.2) is 29.3 Å². The van der Waals surface area contributed by atoms with E-state index in [-0.39, 0.29) is 21.4 Å². The van der Waals surface area contributed by atoms with Gasteiger partial charge in [-0.1, -0.05) is 34.8 Å². The monoisotopic (exact) mass is 451 g/mol. The highest BCUT2D eigenvalue weighted by Crippen LogP contribution is 2.28. The fraction of sp³-hybridized carbons (Fsp3) is 0.133. The molecule has 1 amide bonds. The van der Waals surface area contributed by atoms with E-state index < -0.39 is 33.4 Å². The van der Waals surface area contributed by atoms with Crippen molar-refractivity contribution in [2.45, 2.75) is 11.8 Å². The normalized spacial score (nSPS) is 11.1. The first-order valence-corrected chi connectivity index (χ1v) is 9.78. The van der Waals surface area contributed by atoms with Crippen LogP contribution in [0.2, 0.25) is 15.1 Å². The molecule has 0 saturated carbocycles. The number of aromatic nitrogens is 1. The minimum absolute atomic E-state index is 0.0580. The zero-order valence-corrected chi connectivity index (χ0v) is 16.7. The number of halogens is 3. The first-order chi connectivity index (χ1) is 12.5. The van der Waals surface area contributed by atoms with Crippen molar-refractivity contribution in [2.24, 2.45) is 5.14 Å². The molecule has 27 heavy (non-hydrogen) atoms. The number of esters is 1. The molecule has 8 nitrogen and oxygen atoms in total. The molecule has 12 heteroatoms. The first kappa shape index (κ1) is 21.4. The SMILES string of the molecule is Cc1c(Cl)cnc(NC(=O)COC(=O)c2ccc(Cl)c(S(N)(=O)=O)c2)c1Cl. The quantitative estimate of drug-likeness (QED) is 0.671. The molecule has 0 saturated heterocycles. The summed E-state index contributed by atoms with van der Waals surface area (Å²) in [7, 11) is -4.13. The maximum absolute atomic E-state index is 12.0. The second kappa shape index (κ2) is 8.41. The molecule has 2 aromatic rings. The minimum Gasteiger partial charge on any atom is -0.452 e. The Morgan fingerprint density at radius 3 is 2.52 bits per heavy atom. The molecular formula is C15H12Cl3N3O5S. The number of amides is 1. The number of carbonyl (C=O) groups is 2. The van der Waals surface area contributed by atoms with Gasteiger partial charge in [0.1, 0.15) is 4.90 Å². The van der Waals surface area contributed by atoms with Crippen molar-refractivity contribution in [1.29, 1.82) is 0 Å². The predicted octanol–water partition coefficient (Wildman–Crippen LogP) is 2.79. The Morgan fingerprint density at radius 1 is 1.22 bits per heavy atom. The van der Waals surface area contributed by atoms with Gasteiger partial charge in [0.2, 0.25) is 10.0 Å². The van der Waals surface area contributed by atoms with E-state index in [4.69, 9.17) is 44.7 Å². The third-order valence-electron chi connectivity index (χ3n) is 3.27. The van der Waals surface area contributed by atoms with E-state index in [1.807, 2.05) is 0 Å². The Labute approximate surface area is 169 Å². The maximum atomic E-state index is 12.0. The Hall–Kier alpha value is -1.91. The van der Waals surface area contributed by atoms with Crippen molar-refractivity contribution in [3.8, 4) is 0 Å². The second-order valence-corrected chi connectivity index (χ2v) is 7.93. The number of hydrogen-bond donors (Lipinski definition) is 2. The Bertz CT molecular complexity index is 1030. The van der Waals surface area contributed by atoms with Gasteiger partial charge >= 0.3 is 5.97 Å². The molecule has 0 aliphatic rings. The average Bonchev–Trinajstić information content (AvgIpc) is 2.59. The molecule has 0 radical (unpaired) electrons. The Morgan fingerprint density at radius 2 is 1.89 bits per heavy atom. The number of primary sulfonamides is 1. The molecule has 1 heterocycles. The summed E-state index contributed by atoms with van der Waals surface area (Å²) in [6, 6.07) is 3.37. The van der Waals surface area contributed by atoms with Gasteiger partial charge in [-0.25, -0.2) is 23.3 Å². The molecular weight excluding hydrogens is 441 g/mol. The summed E-state index contributed by atoms with van der Waals surface area (Å²) in [4.78, 5) is 27.4. The van der Waals surface area contributed by atoms with Gasteiger partial charge in [-0.05, 0) is 30.7 Å². The van der Waals surface area contributed by atoms with E-state index in [0.29, 0.717) is 10.6 Å². The van der Waals surface area contributed by atoms with E-state index in [9.17, 15) is 18.0 Å².